The van der Waals surface area contributed by atoms with E-state index >= 15 is 0 Å². The van der Waals surface area contributed by atoms with Crippen molar-refractivity contribution in [1.29, 1.82) is 0 Å². The van der Waals surface area contributed by atoms with E-state index in [0.717, 1.165) is 17.0 Å². The second-order valence-electron chi connectivity index (χ2n) is 8.75. The third kappa shape index (κ3) is 3.43. The average molecular weight is 360 g/mol. The van der Waals surface area contributed by atoms with Gasteiger partial charge in [-0.3, -0.25) is 0 Å². The molecule has 4 heteroatoms. The highest BCUT2D eigenvalue weighted by Gasteiger charge is 2.33. The molecular weight excluding hydrogens is 334 g/mol. The Morgan fingerprint density at radius 3 is 2.28 bits per heavy atom. The van der Waals surface area contributed by atoms with Crippen LogP contribution in [0.2, 0.25) is 5.02 Å². The number of phenols is 1. The molecule has 0 unspecified atom stereocenters. The zero-order valence-electron chi connectivity index (χ0n) is 15.7. The third-order valence-electron chi connectivity index (χ3n) is 4.56. The number of anilines is 1. The fraction of sp³-hybridized carbons (Fsp3) is 0.429. The fourth-order valence-electron chi connectivity index (χ4n) is 3.02. The van der Waals surface area contributed by atoms with Gasteiger partial charge in [0.05, 0.1) is 11.3 Å². The lowest BCUT2D eigenvalue weighted by molar-refractivity contribution is 0.248. The van der Waals surface area contributed by atoms with Crippen molar-refractivity contribution in [2.45, 2.75) is 58.6 Å². The van der Waals surface area contributed by atoms with Gasteiger partial charge in [-0.1, -0.05) is 59.2 Å². The van der Waals surface area contributed by atoms with Gasteiger partial charge in [0.25, 0.3) is 0 Å². The molecular formula is C21H26ClNO2. The molecule has 3 nitrogen and oxygen atoms in total. The van der Waals surface area contributed by atoms with Crippen LogP contribution in [0.15, 0.2) is 30.3 Å². The van der Waals surface area contributed by atoms with Crippen molar-refractivity contribution in [2.24, 2.45) is 0 Å². The van der Waals surface area contributed by atoms with Gasteiger partial charge in [0.15, 0.2) is 6.23 Å². The lowest BCUT2D eigenvalue weighted by atomic mass is 9.80. The summed E-state index contributed by atoms with van der Waals surface area (Å²) in [6.07, 6.45) is -0.454. The Bertz CT molecular complexity index is 816. The molecule has 1 heterocycles. The predicted molar refractivity (Wildman–Crippen MR) is 104 cm³/mol. The number of rotatable bonds is 1. The molecule has 1 atom stereocenters. The van der Waals surface area contributed by atoms with Crippen LogP contribution in [0, 0.1) is 0 Å². The summed E-state index contributed by atoms with van der Waals surface area (Å²) in [7, 11) is 0. The van der Waals surface area contributed by atoms with Crippen LogP contribution in [-0.2, 0) is 10.8 Å². The SMILES string of the molecule is CC(C)(C)c1cc2c(c(C(C)(C)C)c1)O[C@H](c1cc(Cl)ccc1O)N2. The number of benzene rings is 2. The highest BCUT2D eigenvalue weighted by molar-refractivity contribution is 6.30. The van der Waals surface area contributed by atoms with Gasteiger partial charge < -0.3 is 15.2 Å². The highest BCUT2D eigenvalue weighted by atomic mass is 35.5. The topological polar surface area (TPSA) is 41.5 Å². The first-order valence-corrected chi connectivity index (χ1v) is 8.95. The number of hydrogen-bond donors (Lipinski definition) is 2. The van der Waals surface area contributed by atoms with Crippen LogP contribution >= 0.6 is 11.6 Å². The molecule has 2 aromatic carbocycles. The zero-order valence-corrected chi connectivity index (χ0v) is 16.5. The largest absolute Gasteiger partial charge is 0.507 e. The first-order valence-electron chi connectivity index (χ1n) is 8.57. The molecule has 3 rings (SSSR count). The Morgan fingerprint density at radius 1 is 1.00 bits per heavy atom. The average Bonchev–Trinajstić information content (AvgIpc) is 2.90. The Labute approximate surface area is 155 Å². The Hall–Kier alpha value is -1.87. The van der Waals surface area contributed by atoms with Crippen LogP contribution < -0.4 is 10.1 Å². The number of fused-ring (bicyclic) bond motifs is 1. The monoisotopic (exact) mass is 359 g/mol. The molecule has 0 radical (unpaired) electrons. The fourth-order valence-corrected chi connectivity index (χ4v) is 3.20. The molecule has 0 amide bonds. The molecule has 2 aromatic rings. The number of nitrogens with one attached hydrogen (secondary N) is 1. The van der Waals surface area contributed by atoms with Crippen molar-refractivity contribution < 1.29 is 9.84 Å². The molecule has 2 N–H and O–H groups in total. The summed E-state index contributed by atoms with van der Waals surface area (Å²) in [5.74, 6) is 1.02. The molecule has 0 fully saturated rings. The van der Waals surface area contributed by atoms with Gasteiger partial charge >= 0.3 is 0 Å². The smallest absolute Gasteiger partial charge is 0.200 e. The Balaban J connectivity index is 2.09. The van der Waals surface area contributed by atoms with Gasteiger partial charge in [-0.05, 0) is 40.7 Å². The van der Waals surface area contributed by atoms with Crippen LogP contribution in [0.25, 0.3) is 0 Å². The lowest BCUT2D eigenvalue weighted by Crippen LogP contribution is -2.17. The molecule has 0 bridgehead atoms. The Morgan fingerprint density at radius 2 is 1.68 bits per heavy atom. The van der Waals surface area contributed by atoms with Gasteiger partial charge in [-0.2, -0.15) is 0 Å². The molecule has 0 aromatic heterocycles. The second kappa shape index (κ2) is 5.84. The van der Waals surface area contributed by atoms with Gasteiger partial charge in [0.2, 0.25) is 0 Å². The van der Waals surface area contributed by atoms with Gasteiger partial charge in [-0.15, -0.1) is 0 Å². The number of phenolic OH excluding ortho intramolecular Hbond substituents is 1. The van der Waals surface area contributed by atoms with E-state index < -0.39 is 6.23 Å². The van der Waals surface area contributed by atoms with Gasteiger partial charge in [0.1, 0.15) is 11.5 Å². The summed E-state index contributed by atoms with van der Waals surface area (Å²) < 4.78 is 6.22. The molecule has 1 aliphatic rings. The van der Waals surface area contributed by atoms with Crippen LogP contribution in [0.3, 0.4) is 0 Å². The van der Waals surface area contributed by atoms with Crippen LogP contribution in [0.4, 0.5) is 5.69 Å². The summed E-state index contributed by atoms with van der Waals surface area (Å²) in [4.78, 5) is 0. The molecule has 0 spiro atoms. The maximum atomic E-state index is 10.2. The first-order chi connectivity index (χ1) is 11.5. The van der Waals surface area contributed by atoms with Crippen LogP contribution in [0.1, 0.15) is 64.5 Å². The van der Waals surface area contributed by atoms with Crippen molar-refractivity contribution in [2.75, 3.05) is 5.32 Å². The van der Waals surface area contributed by atoms with E-state index in [9.17, 15) is 5.11 Å². The maximum absolute atomic E-state index is 10.2. The highest BCUT2D eigenvalue weighted by Crippen LogP contribution is 2.48. The van der Waals surface area contributed by atoms with Crippen molar-refractivity contribution >= 4 is 17.3 Å². The van der Waals surface area contributed by atoms with Gasteiger partial charge in [0, 0.05) is 10.6 Å². The summed E-state index contributed by atoms with van der Waals surface area (Å²) >= 11 is 6.10. The minimum atomic E-state index is -0.454. The van der Waals surface area contributed by atoms with Gasteiger partial charge in [-0.25, -0.2) is 0 Å². The first kappa shape index (κ1) is 17.9. The van der Waals surface area contributed by atoms with E-state index in [1.807, 2.05) is 0 Å². The molecule has 0 saturated heterocycles. The Kier molecular flexibility index (Phi) is 4.19. The van der Waals surface area contributed by atoms with Crippen molar-refractivity contribution in [3.05, 3.63) is 52.0 Å². The quantitative estimate of drug-likeness (QED) is 0.642. The summed E-state index contributed by atoms with van der Waals surface area (Å²) in [5.41, 5.74) is 3.99. The molecule has 25 heavy (non-hydrogen) atoms. The van der Waals surface area contributed by atoms with E-state index in [2.05, 4.69) is 59.0 Å². The summed E-state index contributed by atoms with van der Waals surface area (Å²) in [6, 6.07) is 9.38. The minimum absolute atomic E-state index is 0.0347. The lowest BCUT2D eigenvalue weighted by Gasteiger charge is -2.26. The van der Waals surface area contributed by atoms with Crippen molar-refractivity contribution in [3.63, 3.8) is 0 Å². The molecule has 0 saturated carbocycles. The molecule has 1 aliphatic heterocycles. The van der Waals surface area contributed by atoms with Crippen LogP contribution in [-0.4, -0.2) is 5.11 Å². The second-order valence-corrected chi connectivity index (χ2v) is 9.18. The zero-order chi connectivity index (χ0) is 18.6. The molecule has 0 aliphatic carbocycles. The third-order valence-corrected chi connectivity index (χ3v) is 4.79. The van der Waals surface area contributed by atoms with Crippen molar-refractivity contribution in [1.82, 2.24) is 0 Å². The number of halogens is 1. The van der Waals surface area contributed by atoms with Crippen LogP contribution in [0.5, 0.6) is 11.5 Å². The summed E-state index contributed by atoms with van der Waals surface area (Å²) in [6.45, 7) is 13.2. The van der Waals surface area contributed by atoms with E-state index in [0.29, 0.717) is 10.6 Å². The van der Waals surface area contributed by atoms with Crippen molar-refractivity contribution in [3.8, 4) is 11.5 Å². The van der Waals surface area contributed by atoms with E-state index in [1.54, 1.807) is 18.2 Å². The number of hydrogen-bond acceptors (Lipinski definition) is 3. The van der Waals surface area contributed by atoms with E-state index in [4.69, 9.17) is 16.3 Å². The maximum Gasteiger partial charge on any atom is 0.200 e. The molecule has 134 valence electrons. The summed E-state index contributed by atoms with van der Waals surface area (Å²) in [5, 5.41) is 14.2. The standard InChI is InChI=1S/C21H26ClNO2/c1-20(2,3)12-9-15(21(4,5)6)18-16(10-12)23-19(25-18)14-11-13(22)7-8-17(14)24/h7-11,19,23-24H,1-6H3/t19-/m1/s1. The van der Waals surface area contributed by atoms with E-state index in [1.165, 1.54) is 5.56 Å². The minimum Gasteiger partial charge on any atom is -0.507 e. The normalized spacial score (nSPS) is 17.0. The van der Waals surface area contributed by atoms with E-state index in [-0.39, 0.29) is 16.6 Å². The predicted octanol–water partition coefficient (Wildman–Crippen LogP) is 6.14. The number of aromatic hydroxyl groups is 1. The number of ether oxygens (including phenoxy) is 1.